The molecular formula is C17H18N4O3. The Bertz CT molecular complexity index is 770. The first kappa shape index (κ1) is 15.9. The Morgan fingerprint density at radius 1 is 1.17 bits per heavy atom. The number of amides is 1. The van der Waals surface area contributed by atoms with Gasteiger partial charge in [0.25, 0.3) is 5.91 Å². The monoisotopic (exact) mass is 326 g/mol. The molecule has 0 bridgehead atoms. The lowest BCUT2D eigenvalue weighted by Crippen LogP contribution is -2.16. The number of anilines is 2. The summed E-state index contributed by atoms with van der Waals surface area (Å²) in [5.41, 5.74) is 1.28. The van der Waals surface area contributed by atoms with Crippen LogP contribution in [-0.2, 0) is 4.74 Å². The quantitative estimate of drug-likeness (QED) is 0.820. The van der Waals surface area contributed by atoms with E-state index >= 15 is 0 Å². The molecule has 3 rings (SSSR count). The van der Waals surface area contributed by atoms with E-state index in [0.29, 0.717) is 34.6 Å². The van der Waals surface area contributed by atoms with Gasteiger partial charge in [0.1, 0.15) is 17.3 Å². The van der Waals surface area contributed by atoms with E-state index in [1.54, 1.807) is 37.3 Å². The molecule has 2 N–H and O–H groups in total. The molecule has 0 aliphatic heterocycles. The number of aromatic nitrogens is 2. The number of carbonyl (C=O) groups excluding carboxylic acids is 2. The van der Waals surface area contributed by atoms with Gasteiger partial charge in [0.05, 0.1) is 12.7 Å². The average Bonchev–Trinajstić information content (AvgIpc) is 3.38. The van der Waals surface area contributed by atoms with Crippen molar-refractivity contribution < 1.29 is 14.3 Å². The van der Waals surface area contributed by atoms with Crippen LogP contribution in [0.4, 0.5) is 11.5 Å². The van der Waals surface area contributed by atoms with Gasteiger partial charge in [-0.25, -0.2) is 14.8 Å². The number of hydrogen-bond acceptors (Lipinski definition) is 6. The summed E-state index contributed by atoms with van der Waals surface area (Å²) >= 11 is 0. The molecule has 1 amide bonds. The Kier molecular flexibility index (Phi) is 4.41. The average molecular weight is 326 g/mol. The van der Waals surface area contributed by atoms with Crippen LogP contribution in [0.3, 0.4) is 0 Å². The number of aryl methyl sites for hydroxylation is 1. The predicted octanol–water partition coefficient (Wildman–Crippen LogP) is 2.40. The second kappa shape index (κ2) is 6.66. The van der Waals surface area contributed by atoms with Crippen LogP contribution in [0.15, 0.2) is 30.3 Å². The molecule has 0 unspecified atom stereocenters. The van der Waals surface area contributed by atoms with Crippen molar-refractivity contribution in [3.63, 3.8) is 0 Å². The van der Waals surface area contributed by atoms with Crippen molar-refractivity contribution in [1.82, 2.24) is 9.97 Å². The summed E-state index contributed by atoms with van der Waals surface area (Å²) in [7, 11) is 1.32. The Labute approximate surface area is 139 Å². The van der Waals surface area contributed by atoms with E-state index in [9.17, 15) is 9.59 Å². The lowest BCUT2D eigenvalue weighted by atomic mass is 10.2. The van der Waals surface area contributed by atoms with Gasteiger partial charge >= 0.3 is 5.97 Å². The molecule has 2 aromatic rings. The lowest BCUT2D eigenvalue weighted by Gasteiger charge is -2.09. The molecule has 0 atom stereocenters. The molecule has 1 aliphatic carbocycles. The lowest BCUT2D eigenvalue weighted by molar-refractivity contribution is 0.0600. The van der Waals surface area contributed by atoms with Crippen LogP contribution < -0.4 is 10.6 Å². The van der Waals surface area contributed by atoms with Gasteiger partial charge < -0.3 is 15.4 Å². The summed E-state index contributed by atoms with van der Waals surface area (Å²) in [6, 6.07) is 8.55. The zero-order valence-electron chi connectivity index (χ0n) is 13.5. The number of nitrogens with zero attached hydrogens (tertiary/aromatic N) is 2. The van der Waals surface area contributed by atoms with E-state index in [0.717, 1.165) is 12.8 Å². The smallest absolute Gasteiger partial charge is 0.337 e. The van der Waals surface area contributed by atoms with Crippen LogP contribution in [0.5, 0.6) is 0 Å². The topological polar surface area (TPSA) is 93.2 Å². The highest BCUT2D eigenvalue weighted by molar-refractivity contribution is 6.03. The van der Waals surface area contributed by atoms with Crippen molar-refractivity contribution in [2.45, 2.75) is 25.8 Å². The fourth-order valence-electron chi connectivity index (χ4n) is 2.20. The van der Waals surface area contributed by atoms with Gasteiger partial charge in [-0.05, 0) is 44.0 Å². The number of carbonyl (C=O) groups is 2. The molecule has 1 aliphatic rings. The number of ether oxygens (including phenoxy) is 1. The van der Waals surface area contributed by atoms with Gasteiger partial charge in [-0.3, -0.25) is 4.79 Å². The molecule has 1 fully saturated rings. The van der Waals surface area contributed by atoms with E-state index in [1.807, 2.05) is 0 Å². The fourth-order valence-corrected chi connectivity index (χ4v) is 2.20. The van der Waals surface area contributed by atoms with Gasteiger partial charge in [0, 0.05) is 17.8 Å². The van der Waals surface area contributed by atoms with Gasteiger partial charge in [-0.2, -0.15) is 0 Å². The highest BCUT2D eigenvalue weighted by atomic mass is 16.5. The normalized spacial score (nSPS) is 13.2. The largest absolute Gasteiger partial charge is 0.465 e. The Morgan fingerprint density at radius 2 is 1.88 bits per heavy atom. The molecule has 7 nitrogen and oxygen atoms in total. The number of hydrogen-bond donors (Lipinski definition) is 2. The maximum atomic E-state index is 12.4. The van der Waals surface area contributed by atoms with Gasteiger partial charge in [-0.15, -0.1) is 0 Å². The fraction of sp³-hybridized carbons (Fsp3) is 0.294. The third-order valence-electron chi connectivity index (χ3n) is 3.56. The van der Waals surface area contributed by atoms with E-state index in [1.165, 1.54) is 7.11 Å². The van der Waals surface area contributed by atoms with Crippen molar-refractivity contribution in [1.29, 1.82) is 0 Å². The molecule has 7 heteroatoms. The minimum absolute atomic E-state index is 0.294. The predicted molar refractivity (Wildman–Crippen MR) is 89.1 cm³/mol. The highest BCUT2D eigenvalue weighted by Gasteiger charge is 2.22. The summed E-state index contributed by atoms with van der Waals surface area (Å²) in [5, 5.41) is 6.02. The molecule has 0 radical (unpaired) electrons. The second-order valence-electron chi connectivity index (χ2n) is 5.63. The summed E-state index contributed by atoms with van der Waals surface area (Å²) in [6.07, 6.45) is 2.24. The minimum atomic E-state index is -0.421. The van der Waals surface area contributed by atoms with Crippen LogP contribution in [-0.4, -0.2) is 35.0 Å². The van der Waals surface area contributed by atoms with E-state index < -0.39 is 5.97 Å². The third-order valence-corrected chi connectivity index (χ3v) is 3.56. The second-order valence-corrected chi connectivity index (χ2v) is 5.63. The summed E-state index contributed by atoms with van der Waals surface area (Å²) in [4.78, 5) is 32.2. The van der Waals surface area contributed by atoms with Crippen molar-refractivity contribution in [2.75, 3.05) is 17.7 Å². The van der Waals surface area contributed by atoms with Crippen molar-refractivity contribution in [3.05, 3.63) is 47.4 Å². The Morgan fingerprint density at radius 3 is 2.50 bits per heavy atom. The molecular weight excluding hydrogens is 308 g/mol. The van der Waals surface area contributed by atoms with E-state index in [-0.39, 0.29) is 5.91 Å². The van der Waals surface area contributed by atoms with Crippen LogP contribution in [0, 0.1) is 6.92 Å². The Balaban J connectivity index is 1.72. The Hall–Kier alpha value is -2.96. The first-order valence-electron chi connectivity index (χ1n) is 7.67. The third kappa shape index (κ3) is 3.87. The van der Waals surface area contributed by atoms with Crippen LogP contribution in [0.25, 0.3) is 0 Å². The molecule has 0 spiro atoms. The highest BCUT2D eigenvalue weighted by Crippen LogP contribution is 2.24. The zero-order valence-corrected chi connectivity index (χ0v) is 13.5. The number of nitrogens with one attached hydrogen (secondary N) is 2. The van der Waals surface area contributed by atoms with Crippen molar-refractivity contribution >= 4 is 23.4 Å². The summed E-state index contributed by atoms with van der Waals surface area (Å²) < 4.78 is 4.64. The maximum Gasteiger partial charge on any atom is 0.337 e. The van der Waals surface area contributed by atoms with Gasteiger partial charge in [0.15, 0.2) is 0 Å². The molecule has 1 heterocycles. The van der Waals surface area contributed by atoms with Crippen LogP contribution in [0.1, 0.15) is 39.5 Å². The summed E-state index contributed by atoms with van der Waals surface area (Å²) in [6.45, 7) is 1.75. The number of methoxy groups -OCH3 is 1. The standard InChI is InChI=1S/C17H18N4O3/c1-10-18-14(9-15(19-10)20-12-7-8-12)16(22)21-13-5-3-11(4-6-13)17(23)24-2/h3-6,9,12H,7-8H2,1-2H3,(H,21,22)(H,18,19,20). The zero-order chi connectivity index (χ0) is 17.1. The van der Waals surface area contributed by atoms with Gasteiger partial charge in [-0.1, -0.05) is 0 Å². The minimum Gasteiger partial charge on any atom is -0.465 e. The first-order chi connectivity index (χ1) is 11.5. The molecule has 24 heavy (non-hydrogen) atoms. The first-order valence-corrected chi connectivity index (χ1v) is 7.67. The van der Waals surface area contributed by atoms with E-state index in [2.05, 4.69) is 25.3 Å². The molecule has 1 saturated carbocycles. The SMILES string of the molecule is COC(=O)c1ccc(NC(=O)c2cc(NC3CC3)nc(C)n2)cc1. The number of rotatable bonds is 5. The molecule has 1 aromatic carbocycles. The molecule has 0 saturated heterocycles. The molecule has 1 aromatic heterocycles. The van der Waals surface area contributed by atoms with Crippen LogP contribution in [0.2, 0.25) is 0 Å². The van der Waals surface area contributed by atoms with E-state index in [4.69, 9.17) is 0 Å². The number of benzene rings is 1. The summed E-state index contributed by atoms with van der Waals surface area (Å²) in [5.74, 6) is 0.447. The van der Waals surface area contributed by atoms with Gasteiger partial charge in [0.2, 0.25) is 0 Å². The molecule has 124 valence electrons. The maximum absolute atomic E-state index is 12.4. The van der Waals surface area contributed by atoms with Crippen LogP contribution >= 0.6 is 0 Å². The number of esters is 1. The van der Waals surface area contributed by atoms with Crippen molar-refractivity contribution in [3.8, 4) is 0 Å². The van der Waals surface area contributed by atoms with Crippen molar-refractivity contribution in [2.24, 2.45) is 0 Å².